The zero-order valence-electron chi connectivity index (χ0n) is 37.7. The summed E-state index contributed by atoms with van der Waals surface area (Å²) < 4.78 is 81.3. The lowest BCUT2D eigenvalue weighted by Gasteiger charge is -2.30. The summed E-state index contributed by atoms with van der Waals surface area (Å²) in [5.74, 6) is -2.45. The van der Waals surface area contributed by atoms with Gasteiger partial charge < -0.3 is 24.6 Å². The number of benzene rings is 2. The lowest BCUT2D eigenvalue weighted by Crippen LogP contribution is -2.45. The Morgan fingerprint density at radius 1 is 1.08 bits per heavy atom. The highest BCUT2D eigenvalue weighted by molar-refractivity contribution is 7.59. The van der Waals surface area contributed by atoms with E-state index >= 15 is 4.39 Å². The Hall–Kier alpha value is -4.11. The number of alkyl halides is 3. The number of ether oxygens (including phenoxy) is 2. The molecule has 66 heavy (non-hydrogen) atoms. The molecule has 1 saturated carbocycles. The molecule has 0 radical (unpaired) electrons. The van der Waals surface area contributed by atoms with Crippen LogP contribution in [0.1, 0.15) is 115 Å². The first-order valence-corrected chi connectivity index (χ1v) is 25.9. The Morgan fingerprint density at radius 2 is 1.82 bits per heavy atom. The molecule has 1 amide bonds. The molecule has 3 fully saturated rings. The minimum Gasteiger partial charge on any atom is -0.495 e. The molecule has 3 aliphatic rings. The van der Waals surface area contributed by atoms with Crippen LogP contribution in [-0.2, 0) is 25.1 Å². The number of nitrogens with one attached hydrogen (secondary N) is 1. The van der Waals surface area contributed by atoms with Gasteiger partial charge in [0.05, 0.1) is 42.2 Å². The number of Topliss-reactive ketones (excluding diaryl/α,β-unsaturated/α-hetero) is 2. The first-order chi connectivity index (χ1) is 31.3. The molecule has 1 unspecified atom stereocenters. The zero-order chi connectivity index (χ0) is 47.6. The minimum atomic E-state index is -4.42. The number of methoxy groups -OCH3 is 1. The summed E-state index contributed by atoms with van der Waals surface area (Å²) in [6, 6.07) is 8.62. The number of pyridine rings is 1. The Labute approximate surface area is 391 Å². The molecule has 0 bridgehead atoms. The topological polar surface area (TPSA) is 148 Å². The van der Waals surface area contributed by atoms with E-state index in [0.717, 1.165) is 25.7 Å². The van der Waals surface area contributed by atoms with Gasteiger partial charge in [-0.1, -0.05) is 55.8 Å². The van der Waals surface area contributed by atoms with Crippen molar-refractivity contribution in [2.45, 2.75) is 146 Å². The van der Waals surface area contributed by atoms with Crippen LogP contribution in [0.3, 0.4) is 0 Å². The van der Waals surface area contributed by atoms with E-state index in [0.29, 0.717) is 70.2 Å². The third-order valence-electron chi connectivity index (χ3n) is 13.4. The van der Waals surface area contributed by atoms with Crippen LogP contribution in [0.15, 0.2) is 41.8 Å². The summed E-state index contributed by atoms with van der Waals surface area (Å²) in [4.78, 5) is 66.2. The van der Waals surface area contributed by atoms with Crippen molar-refractivity contribution in [2.24, 2.45) is 11.8 Å². The average molecular weight is 977 g/mol. The van der Waals surface area contributed by atoms with Crippen LogP contribution in [0.5, 0.6) is 11.5 Å². The van der Waals surface area contributed by atoms with Gasteiger partial charge in [0.1, 0.15) is 39.9 Å². The number of hydrogen-bond donors (Lipinski definition) is 2. The maximum absolute atomic E-state index is 15.2. The molecular formula is C48H58ClF4N4O7PS. The Balaban J connectivity index is 1.25. The number of nitrogens with zero attached hydrogens (tertiary/aromatic N) is 3. The van der Waals surface area contributed by atoms with Gasteiger partial charge in [0.25, 0.3) is 0 Å². The predicted octanol–water partition coefficient (Wildman–Crippen LogP) is 11.9. The fourth-order valence-corrected chi connectivity index (χ4v) is 13.7. The molecular weight excluding hydrogens is 919 g/mol. The minimum absolute atomic E-state index is 0.00190. The lowest BCUT2D eigenvalue weighted by molar-refractivity contribution is -0.143. The molecule has 2 N–H and O–H groups in total. The van der Waals surface area contributed by atoms with Gasteiger partial charge in [-0.2, -0.15) is 13.2 Å². The van der Waals surface area contributed by atoms with Crippen molar-refractivity contribution in [3.05, 3.63) is 63.7 Å². The van der Waals surface area contributed by atoms with Crippen LogP contribution in [0.2, 0.25) is 5.02 Å². The number of rotatable bonds is 14. The van der Waals surface area contributed by atoms with Crippen LogP contribution in [0, 0.1) is 24.6 Å². The van der Waals surface area contributed by atoms with Crippen molar-refractivity contribution in [3.63, 3.8) is 0 Å². The van der Waals surface area contributed by atoms with Crippen LogP contribution >= 0.6 is 30.3 Å². The second kappa shape index (κ2) is 20.6. The van der Waals surface area contributed by atoms with E-state index in [-0.39, 0.29) is 54.8 Å². The number of aryl methyl sites for hydroxylation is 1. The predicted molar refractivity (Wildman–Crippen MR) is 248 cm³/mol. The van der Waals surface area contributed by atoms with Crippen molar-refractivity contribution in [2.75, 3.05) is 19.0 Å². The second-order valence-electron chi connectivity index (χ2n) is 18.6. The summed E-state index contributed by atoms with van der Waals surface area (Å²) in [6.45, 7) is 5.59. The maximum atomic E-state index is 15.2. The van der Waals surface area contributed by atoms with Crippen molar-refractivity contribution in [3.8, 4) is 22.9 Å². The smallest absolute Gasteiger partial charge is 0.389 e. The summed E-state index contributed by atoms with van der Waals surface area (Å²) in [5.41, 5.74) is 2.01. The summed E-state index contributed by atoms with van der Waals surface area (Å²) in [5, 5.41) is 5.24. The number of ketones is 2. The van der Waals surface area contributed by atoms with E-state index in [2.05, 4.69) is 5.32 Å². The van der Waals surface area contributed by atoms with Gasteiger partial charge >= 0.3 is 6.18 Å². The highest BCUT2D eigenvalue weighted by Gasteiger charge is 2.66. The number of aromatic nitrogens is 2. The number of carbonyl (C=O) groups is 3. The van der Waals surface area contributed by atoms with E-state index in [4.69, 9.17) is 31.0 Å². The third kappa shape index (κ3) is 11.4. The van der Waals surface area contributed by atoms with Crippen LogP contribution < -0.4 is 14.8 Å². The van der Waals surface area contributed by atoms with Gasteiger partial charge in [-0.05, 0) is 76.1 Å². The third-order valence-corrected chi connectivity index (χ3v) is 17.4. The van der Waals surface area contributed by atoms with E-state index in [1.54, 1.807) is 31.2 Å². The average Bonchev–Trinajstić information content (AvgIpc) is 3.51. The van der Waals surface area contributed by atoms with E-state index in [9.17, 15) is 37.0 Å². The molecule has 4 aromatic rings. The number of carbonyl (C=O) groups excluding carboxylic acids is 3. The summed E-state index contributed by atoms with van der Waals surface area (Å²) in [6.07, 6.45) is -3.21. The first-order valence-electron chi connectivity index (χ1n) is 22.8. The maximum Gasteiger partial charge on any atom is 0.389 e. The largest absolute Gasteiger partial charge is 0.495 e. The Morgan fingerprint density at radius 3 is 2.53 bits per heavy atom. The van der Waals surface area contributed by atoms with Crippen LogP contribution in [-0.4, -0.2) is 80.4 Å². The number of amides is 1. The molecule has 0 spiro atoms. The van der Waals surface area contributed by atoms with Gasteiger partial charge in [0.2, 0.25) is 13.3 Å². The molecule has 11 nitrogen and oxygen atoms in total. The molecule has 7 rings (SSSR count). The number of fused-ring (bicyclic) bond motifs is 3. The quantitative estimate of drug-likeness (QED) is 0.0924. The highest BCUT2D eigenvalue weighted by atomic mass is 35.5. The molecule has 1 aliphatic carbocycles. The second-order valence-corrected chi connectivity index (χ2v) is 22.4. The number of anilines is 1. The number of thiazole rings is 1. The van der Waals surface area contributed by atoms with Crippen molar-refractivity contribution in [1.29, 1.82) is 0 Å². The number of halogens is 5. The van der Waals surface area contributed by atoms with Gasteiger partial charge in [-0.25, -0.2) is 14.4 Å². The molecule has 6 atom stereocenters. The van der Waals surface area contributed by atoms with Crippen molar-refractivity contribution < 1.29 is 50.9 Å². The fraction of sp³-hybridized carbons (Fsp3) is 0.562. The van der Waals surface area contributed by atoms with Crippen LogP contribution in [0.25, 0.3) is 22.3 Å². The Bertz CT molecular complexity index is 2470. The van der Waals surface area contributed by atoms with Crippen molar-refractivity contribution in [1.82, 2.24) is 14.9 Å². The molecule has 2 aromatic heterocycles. The van der Waals surface area contributed by atoms with E-state index < -0.39 is 79.1 Å². The highest BCUT2D eigenvalue weighted by Crippen LogP contribution is 2.75. The molecule has 2 aliphatic heterocycles. The molecule has 2 saturated heterocycles. The zero-order valence-corrected chi connectivity index (χ0v) is 40.2. The monoisotopic (exact) mass is 976 g/mol. The lowest BCUT2D eigenvalue weighted by atomic mass is 9.91. The SMILES string of the molecule is COc1ccc2c(O[C@@H]3C[C@H]4C(=O)C[C@]5(P(=O)(O)Cc6c(C)cccc6F)C[C@@H]5CCCCCCC[C@H](CC(=O)CCCC(F)(F)F)C(=O)N4C3)cc(-c3csc(NC(C)C)n3)nc2c1Cl. The fourth-order valence-electron chi connectivity index (χ4n) is 9.80. The molecule has 2 aromatic carbocycles. The summed E-state index contributed by atoms with van der Waals surface area (Å²) in [7, 11) is -2.78. The van der Waals surface area contributed by atoms with Gasteiger partial charge in [0.15, 0.2) is 10.9 Å². The standard InChI is InChI=1S/C48H58ClF4N4O7PS/c1-28(2)54-46-56-38(27-66-46)37-22-42(34-17-18-41(63-4)43(49)44(34)55-37)64-33-21-39-40(59)24-47(65(61,62)26-35-29(3)12-10-16-36(35)50)23-31(47)14-9-7-5-6-8-13-30(45(60)57(39)25-33)20-32(58)15-11-19-48(51,52)53/h10,12,16-18,22,27-28,30-31,33,39H,5-9,11,13-15,19-21,23-26H2,1-4H3,(H,54,56)(H,61,62)/t30-,31+,33-,39+,47-/m1/s1. The molecule has 18 heteroatoms. The normalized spacial score (nSPS) is 24.0. The number of hydrogen-bond acceptors (Lipinski definition) is 10. The summed E-state index contributed by atoms with van der Waals surface area (Å²) >= 11 is 8.26. The van der Waals surface area contributed by atoms with Gasteiger partial charge in [-0.15, -0.1) is 11.3 Å². The first kappa shape index (κ1) is 49.8. The molecule has 4 heterocycles. The van der Waals surface area contributed by atoms with Crippen LogP contribution in [0.4, 0.5) is 22.7 Å². The van der Waals surface area contributed by atoms with Gasteiger partial charge in [-0.3, -0.25) is 18.9 Å². The van der Waals surface area contributed by atoms with E-state index in [1.165, 1.54) is 35.5 Å². The van der Waals surface area contributed by atoms with Gasteiger partial charge in [0, 0.05) is 66.5 Å². The Kier molecular flexibility index (Phi) is 15.6. The molecule has 358 valence electrons. The van der Waals surface area contributed by atoms with Crippen molar-refractivity contribution >= 4 is 63.8 Å². The van der Waals surface area contributed by atoms with E-state index in [1.807, 2.05) is 19.2 Å².